The molecule has 206 valence electrons. The number of hydrogen-bond acceptors (Lipinski definition) is 3. The van der Waals surface area contributed by atoms with Gasteiger partial charge >= 0.3 is 0 Å². The molecule has 0 aliphatic heterocycles. The molecule has 2 aromatic rings. The van der Waals surface area contributed by atoms with Crippen molar-refractivity contribution in [3.63, 3.8) is 0 Å². The maximum absolute atomic E-state index is 9.56. The van der Waals surface area contributed by atoms with E-state index in [1.54, 1.807) is 0 Å². The van der Waals surface area contributed by atoms with Gasteiger partial charge in [0.15, 0.2) is 0 Å². The molecule has 0 fully saturated rings. The Morgan fingerprint density at radius 3 is 1.64 bits per heavy atom. The summed E-state index contributed by atoms with van der Waals surface area (Å²) >= 11 is 0. The molecule has 0 aliphatic carbocycles. The molecule has 7 nitrogen and oxygen atoms in total. The van der Waals surface area contributed by atoms with Gasteiger partial charge in [-0.05, 0) is 65.1 Å². The molecule has 0 bridgehead atoms. The van der Waals surface area contributed by atoms with Gasteiger partial charge < -0.3 is 15.7 Å². The molecule has 36 heavy (non-hydrogen) atoms. The van der Waals surface area contributed by atoms with E-state index in [1.807, 2.05) is 14.0 Å². The molecule has 0 saturated heterocycles. The smallest absolute Gasteiger partial charge is 0.243 e. The Bertz CT molecular complexity index is 759. The maximum Gasteiger partial charge on any atom is 0.243 e. The minimum absolute atomic E-state index is 0.212. The summed E-state index contributed by atoms with van der Waals surface area (Å²) in [6.07, 6.45) is 29.8. The Morgan fingerprint density at radius 2 is 1.17 bits per heavy atom. The zero-order chi connectivity index (χ0) is 25.7. The Labute approximate surface area is 220 Å². The summed E-state index contributed by atoms with van der Waals surface area (Å²) in [6.45, 7) is 9.18. The molecule has 0 amide bonds. The summed E-state index contributed by atoms with van der Waals surface area (Å²) in [5, 5.41) is 16.1. The first-order valence-electron chi connectivity index (χ1n) is 14.8. The van der Waals surface area contributed by atoms with Gasteiger partial charge in [0.2, 0.25) is 12.7 Å². The molecule has 0 spiro atoms. The average Bonchev–Trinajstić information content (AvgIpc) is 3.54. The molecule has 7 heteroatoms. The second-order valence-electron chi connectivity index (χ2n) is 10.4. The van der Waals surface area contributed by atoms with Crippen molar-refractivity contribution in [1.82, 2.24) is 19.8 Å². The Hall–Kier alpha value is -1.70. The van der Waals surface area contributed by atoms with E-state index in [2.05, 4.69) is 66.3 Å². The van der Waals surface area contributed by atoms with E-state index in [4.69, 9.17) is 0 Å². The number of hydrogen-bond donors (Lipinski definition) is 3. The number of aliphatic hydroxyl groups excluding tert-OH is 1. The predicted molar refractivity (Wildman–Crippen MR) is 148 cm³/mol. The first-order chi connectivity index (χ1) is 17.7. The lowest BCUT2D eigenvalue weighted by Gasteiger charge is -2.08. The quantitative estimate of drug-likeness (QED) is 0.150. The van der Waals surface area contributed by atoms with Gasteiger partial charge in [-0.2, -0.15) is 0 Å². The van der Waals surface area contributed by atoms with E-state index in [9.17, 15) is 5.11 Å². The van der Waals surface area contributed by atoms with Crippen molar-refractivity contribution >= 4 is 0 Å². The van der Waals surface area contributed by atoms with Crippen LogP contribution in [-0.2, 0) is 26.2 Å². The van der Waals surface area contributed by atoms with E-state index in [0.717, 1.165) is 52.1 Å². The molecule has 0 radical (unpaired) electrons. The van der Waals surface area contributed by atoms with Crippen LogP contribution in [0.4, 0.5) is 0 Å². The third-order valence-electron chi connectivity index (χ3n) is 7.04. The highest BCUT2D eigenvalue weighted by molar-refractivity contribution is 4.67. The lowest BCUT2D eigenvalue weighted by atomic mass is 10.1. The van der Waals surface area contributed by atoms with Crippen molar-refractivity contribution in [2.75, 3.05) is 26.7 Å². The second kappa shape index (κ2) is 20.4. The minimum Gasteiger partial charge on any atom is -0.392 e. The lowest BCUT2D eigenvalue weighted by Crippen LogP contribution is -2.34. The normalized spacial score (nSPS) is 12.4. The van der Waals surface area contributed by atoms with Crippen LogP contribution in [0.5, 0.6) is 0 Å². The molecule has 1 atom stereocenters. The highest BCUT2D eigenvalue weighted by Gasteiger charge is 2.05. The summed E-state index contributed by atoms with van der Waals surface area (Å²) in [5.41, 5.74) is 0. The van der Waals surface area contributed by atoms with Crippen LogP contribution in [0, 0.1) is 0 Å². The molecule has 1 unspecified atom stereocenters. The van der Waals surface area contributed by atoms with Gasteiger partial charge in [0.25, 0.3) is 0 Å². The first kappa shape index (κ1) is 30.5. The number of nitrogens with zero attached hydrogens (tertiary/aromatic N) is 4. The van der Waals surface area contributed by atoms with Crippen LogP contribution in [0.2, 0.25) is 0 Å². The monoisotopic (exact) mass is 504 g/mol. The van der Waals surface area contributed by atoms with Crippen LogP contribution >= 0.6 is 0 Å². The van der Waals surface area contributed by atoms with Gasteiger partial charge in [-0.3, -0.25) is 0 Å². The number of imidazole rings is 2. The third-order valence-corrected chi connectivity index (χ3v) is 7.04. The largest absolute Gasteiger partial charge is 0.392 e. The maximum atomic E-state index is 9.56. The zero-order valence-corrected chi connectivity index (χ0v) is 23.4. The third kappa shape index (κ3) is 14.8. The molecular weight excluding hydrogens is 448 g/mol. The highest BCUT2D eigenvalue weighted by Crippen LogP contribution is 2.11. The Morgan fingerprint density at radius 1 is 0.694 bits per heavy atom. The molecule has 2 rings (SSSR count). The molecular formula is C29H56N6O+2. The predicted octanol–water partition coefficient (Wildman–Crippen LogP) is 3.83. The van der Waals surface area contributed by atoms with Crippen LogP contribution in [0.25, 0.3) is 0 Å². The molecule has 0 saturated carbocycles. The van der Waals surface area contributed by atoms with E-state index in [-0.39, 0.29) is 6.10 Å². The van der Waals surface area contributed by atoms with Crippen molar-refractivity contribution in [3.05, 3.63) is 37.4 Å². The second-order valence-corrected chi connectivity index (χ2v) is 10.4. The first-order valence-corrected chi connectivity index (χ1v) is 14.8. The van der Waals surface area contributed by atoms with Gasteiger partial charge in [0.05, 0.1) is 32.3 Å². The fourth-order valence-corrected chi connectivity index (χ4v) is 4.65. The van der Waals surface area contributed by atoms with Crippen LogP contribution in [0.3, 0.4) is 0 Å². The fourth-order valence-electron chi connectivity index (χ4n) is 4.65. The van der Waals surface area contributed by atoms with Crippen LogP contribution in [0.1, 0.15) is 90.4 Å². The van der Waals surface area contributed by atoms with Crippen LogP contribution in [0.15, 0.2) is 37.4 Å². The number of aromatic nitrogens is 4. The van der Waals surface area contributed by atoms with Crippen molar-refractivity contribution in [2.24, 2.45) is 0 Å². The minimum atomic E-state index is -0.212. The summed E-state index contributed by atoms with van der Waals surface area (Å²) in [5.74, 6) is 0. The molecule has 0 aliphatic rings. The van der Waals surface area contributed by atoms with E-state index in [1.165, 1.54) is 70.6 Å². The van der Waals surface area contributed by atoms with Crippen LogP contribution < -0.4 is 19.8 Å². The molecule has 2 aromatic heterocycles. The Kier molecular flexibility index (Phi) is 17.3. The lowest BCUT2D eigenvalue weighted by molar-refractivity contribution is -0.696. The summed E-state index contributed by atoms with van der Waals surface area (Å²) in [4.78, 5) is 0. The average molecular weight is 505 g/mol. The Balaban J connectivity index is 1.34. The van der Waals surface area contributed by atoms with Gasteiger partial charge in [0, 0.05) is 6.54 Å². The van der Waals surface area contributed by atoms with E-state index in [0.29, 0.717) is 6.54 Å². The van der Waals surface area contributed by atoms with Gasteiger partial charge in [-0.1, -0.05) is 45.4 Å². The number of rotatable bonds is 24. The number of aryl methyl sites for hydroxylation is 4. The van der Waals surface area contributed by atoms with Gasteiger partial charge in [0.1, 0.15) is 24.8 Å². The van der Waals surface area contributed by atoms with Crippen molar-refractivity contribution in [1.29, 1.82) is 0 Å². The van der Waals surface area contributed by atoms with E-state index >= 15 is 0 Å². The van der Waals surface area contributed by atoms with Crippen LogP contribution in [-0.4, -0.2) is 47.0 Å². The zero-order valence-electron chi connectivity index (χ0n) is 23.4. The summed E-state index contributed by atoms with van der Waals surface area (Å²) in [6, 6.07) is 0. The number of aliphatic hydroxyl groups is 1. The number of nitrogens with one attached hydrogen (secondary N) is 2. The standard InChI is InChI=1S/C29H56N6O/c1-3-29(36)26-31-17-15-21-35-25-23-33(28-35)19-13-11-9-7-5-4-6-8-10-12-18-32-22-24-34(27-32)20-14-16-30-2/h22-25,27-31,36H,3-21,26H2,1-2H3/q+2. The van der Waals surface area contributed by atoms with Crippen molar-refractivity contribution in [2.45, 2.75) is 123 Å². The van der Waals surface area contributed by atoms with E-state index < -0.39 is 0 Å². The SMILES string of the molecule is CCC(O)CNCCC[n+]1ccn(CCCCCCCCCCCCn2cc[n+](CCCNC)c2)c1. The van der Waals surface area contributed by atoms with Gasteiger partial charge in [-0.15, -0.1) is 0 Å². The molecule has 3 N–H and O–H groups in total. The topological polar surface area (TPSA) is 61.9 Å². The molecule has 0 aromatic carbocycles. The highest BCUT2D eigenvalue weighted by atomic mass is 16.3. The molecule has 2 heterocycles. The summed E-state index contributed by atoms with van der Waals surface area (Å²) in [7, 11) is 2.02. The summed E-state index contributed by atoms with van der Waals surface area (Å²) < 4.78 is 9.24. The number of unbranched alkanes of at least 4 members (excludes halogenated alkanes) is 9. The van der Waals surface area contributed by atoms with Crippen molar-refractivity contribution in [3.8, 4) is 0 Å². The van der Waals surface area contributed by atoms with Gasteiger partial charge in [-0.25, -0.2) is 18.3 Å². The fraction of sp³-hybridized carbons (Fsp3) is 0.793. The van der Waals surface area contributed by atoms with Crippen molar-refractivity contribution < 1.29 is 14.2 Å².